The number of para-hydroxylation sites is 1. The largest absolute Gasteiger partial charge is 0.439 e. The summed E-state index contributed by atoms with van der Waals surface area (Å²) >= 11 is 0. The van der Waals surface area contributed by atoms with Gasteiger partial charge in [0.25, 0.3) is 0 Å². The Morgan fingerprint density at radius 2 is 1.73 bits per heavy atom. The van der Waals surface area contributed by atoms with Crippen molar-refractivity contribution in [1.82, 2.24) is 15.0 Å². The lowest BCUT2D eigenvalue weighted by Crippen LogP contribution is -1.94. The Morgan fingerprint density at radius 1 is 0.885 bits per heavy atom. The lowest BCUT2D eigenvalue weighted by Gasteiger charge is -2.07. The van der Waals surface area contributed by atoms with Crippen molar-refractivity contribution in [2.75, 3.05) is 5.32 Å². The van der Waals surface area contributed by atoms with Crippen molar-refractivity contribution in [3.63, 3.8) is 0 Å². The predicted octanol–water partition coefficient (Wildman–Crippen LogP) is 5.16. The third-order valence-corrected chi connectivity index (χ3v) is 3.93. The molecule has 3 aromatic heterocycles. The molecule has 3 heterocycles. The first-order valence-corrected chi connectivity index (χ1v) is 8.39. The molecular formula is C21H18N4O. The third kappa shape index (κ3) is 3.32. The maximum atomic E-state index is 5.85. The van der Waals surface area contributed by atoms with Gasteiger partial charge in [-0.05, 0) is 43.3 Å². The van der Waals surface area contributed by atoms with Crippen LogP contribution < -0.4 is 5.32 Å². The fourth-order valence-electron chi connectivity index (χ4n) is 2.78. The second kappa shape index (κ2) is 6.80. The Bertz CT molecular complexity index is 1040. The minimum Gasteiger partial charge on any atom is -0.439 e. The monoisotopic (exact) mass is 342 g/mol. The summed E-state index contributed by atoms with van der Waals surface area (Å²) in [6.45, 7) is 3.80. The fraction of sp³-hybridized carbons (Fsp3) is 0.0952. The molecule has 0 atom stereocenters. The zero-order valence-corrected chi connectivity index (χ0v) is 14.6. The van der Waals surface area contributed by atoms with Gasteiger partial charge in [-0.1, -0.05) is 24.3 Å². The highest BCUT2D eigenvalue weighted by Gasteiger charge is 2.17. The van der Waals surface area contributed by atoms with E-state index in [-0.39, 0.29) is 0 Å². The molecule has 0 fully saturated rings. The van der Waals surface area contributed by atoms with Crippen LogP contribution in [0.25, 0.3) is 22.7 Å². The normalized spacial score (nSPS) is 10.7. The van der Waals surface area contributed by atoms with Gasteiger partial charge in [-0.25, -0.2) is 15.0 Å². The molecule has 4 rings (SSSR count). The highest BCUT2D eigenvalue weighted by molar-refractivity contribution is 5.77. The zero-order valence-electron chi connectivity index (χ0n) is 14.6. The zero-order chi connectivity index (χ0) is 17.9. The van der Waals surface area contributed by atoms with Gasteiger partial charge >= 0.3 is 0 Å². The minimum absolute atomic E-state index is 0.604. The molecule has 0 saturated heterocycles. The molecule has 0 aliphatic heterocycles. The number of aromatic nitrogens is 3. The van der Waals surface area contributed by atoms with Gasteiger partial charge in [0.15, 0.2) is 11.7 Å². The lowest BCUT2D eigenvalue weighted by molar-refractivity contribution is 0.532. The number of benzene rings is 1. The fourth-order valence-corrected chi connectivity index (χ4v) is 2.78. The number of rotatable bonds is 4. The number of oxazole rings is 1. The van der Waals surface area contributed by atoms with Crippen LogP contribution >= 0.6 is 0 Å². The number of nitrogens with one attached hydrogen (secondary N) is 1. The maximum absolute atomic E-state index is 5.85. The summed E-state index contributed by atoms with van der Waals surface area (Å²) in [5, 5.41) is 3.30. The van der Waals surface area contributed by atoms with Gasteiger partial charge < -0.3 is 9.73 Å². The van der Waals surface area contributed by atoms with Crippen LogP contribution in [0.15, 0.2) is 71.3 Å². The Labute approximate surface area is 151 Å². The summed E-state index contributed by atoms with van der Waals surface area (Å²) in [7, 11) is 0. The summed E-state index contributed by atoms with van der Waals surface area (Å²) in [6.07, 6.45) is 1.76. The van der Waals surface area contributed by atoms with Crippen LogP contribution in [-0.2, 0) is 0 Å². The van der Waals surface area contributed by atoms with Gasteiger partial charge in [-0.3, -0.25) is 0 Å². The molecule has 1 aromatic carbocycles. The summed E-state index contributed by atoms with van der Waals surface area (Å²) in [5.74, 6) is 2.02. The summed E-state index contributed by atoms with van der Waals surface area (Å²) in [5.41, 5.74) is 4.38. The van der Waals surface area contributed by atoms with Gasteiger partial charge in [0.05, 0.1) is 0 Å². The van der Waals surface area contributed by atoms with E-state index in [1.165, 1.54) is 0 Å². The molecule has 0 bridgehead atoms. The van der Waals surface area contributed by atoms with Crippen molar-refractivity contribution in [2.24, 2.45) is 0 Å². The Hall–Kier alpha value is -3.47. The van der Waals surface area contributed by atoms with Crippen LogP contribution in [0, 0.1) is 13.8 Å². The number of aryl methyl sites for hydroxylation is 2. The van der Waals surface area contributed by atoms with Crippen LogP contribution in [0.5, 0.6) is 0 Å². The van der Waals surface area contributed by atoms with E-state index >= 15 is 0 Å². The quantitative estimate of drug-likeness (QED) is 0.555. The number of hydrogen-bond acceptors (Lipinski definition) is 5. The number of anilines is 2. The lowest BCUT2D eigenvalue weighted by atomic mass is 10.1. The predicted molar refractivity (Wildman–Crippen MR) is 102 cm³/mol. The van der Waals surface area contributed by atoms with Gasteiger partial charge in [-0.2, -0.15) is 0 Å². The first-order valence-electron chi connectivity index (χ1n) is 8.39. The van der Waals surface area contributed by atoms with Gasteiger partial charge in [0, 0.05) is 30.1 Å². The van der Waals surface area contributed by atoms with Crippen molar-refractivity contribution >= 4 is 11.5 Å². The van der Waals surface area contributed by atoms with Crippen molar-refractivity contribution in [3.05, 3.63) is 78.4 Å². The maximum Gasteiger partial charge on any atom is 0.192 e. The number of nitrogens with zero attached hydrogens (tertiary/aromatic N) is 3. The molecule has 0 saturated carbocycles. The van der Waals surface area contributed by atoms with Gasteiger partial charge in [0.1, 0.15) is 17.2 Å². The van der Waals surface area contributed by atoms with E-state index in [1.54, 1.807) is 6.20 Å². The van der Waals surface area contributed by atoms with Crippen LogP contribution in [0.1, 0.15) is 11.6 Å². The summed E-state index contributed by atoms with van der Waals surface area (Å²) in [4.78, 5) is 13.5. The third-order valence-electron chi connectivity index (χ3n) is 3.93. The molecular weight excluding hydrogens is 324 g/mol. The molecule has 128 valence electrons. The van der Waals surface area contributed by atoms with Crippen LogP contribution in [-0.4, -0.2) is 15.0 Å². The van der Waals surface area contributed by atoms with E-state index < -0.39 is 0 Å². The van der Waals surface area contributed by atoms with Crippen molar-refractivity contribution in [1.29, 1.82) is 0 Å². The SMILES string of the molecule is Cc1cccc(-c2oc(C)nc2-c2ccnc(Nc3ccccc3)c2)n1. The van der Waals surface area contributed by atoms with E-state index in [0.717, 1.165) is 34.2 Å². The first kappa shape index (κ1) is 16.0. The van der Waals surface area contributed by atoms with Gasteiger partial charge in [0.2, 0.25) is 0 Å². The Kier molecular flexibility index (Phi) is 4.19. The molecule has 0 unspecified atom stereocenters. The molecule has 4 aromatic rings. The van der Waals surface area contributed by atoms with E-state index in [2.05, 4.69) is 20.3 Å². The second-order valence-corrected chi connectivity index (χ2v) is 6.00. The standard InChI is InChI=1S/C21H18N4O/c1-14-7-6-10-18(23-14)21-20(24-15(2)26-21)16-11-12-22-19(13-16)25-17-8-4-3-5-9-17/h3-13H,1-2H3,(H,22,25). The Balaban J connectivity index is 1.73. The molecule has 0 aliphatic carbocycles. The van der Waals surface area contributed by atoms with Gasteiger partial charge in [-0.15, -0.1) is 0 Å². The molecule has 0 spiro atoms. The van der Waals surface area contributed by atoms with Crippen LogP contribution in [0.2, 0.25) is 0 Å². The highest BCUT2D eigenvalue weighted by atomic mass is 16.4. The van der Waals surface area contributed by atoms with Crippen LogP contribution in [0.4, 0.5) is 11.5 Å². The molecule has 0 amide bonds. The average molecular weight is 342 g/mol. The number of hydrogen-bond donors (Lipinski definition) is 1. The topological polar surface area (TPSA) is 63.8 Å². The number of pyridine rings is 2. The highest BCUT2D eigenvalue weighted by Crippen LogP contribution is 2.32. The Morgan fingerprint density at radius 3 is 2.54 bits per heavy atom. The van der Waals surface area contributed by atoms with Crippen molar-refractivity contribution < 1.29 is 4.42 Å². The van der Waals surface area contributed by atoms with E-state index in [1.807, 2.05) is 74.5 Å². The minimum atomic E-state index is 0.604. The molecule has 0 radical (unpaired) electrons. The molecule has 5 nitrogen and oxygen atoms in total. The second-order valence-electron chi connectivity index (χ2n) is 6.00. The van der Waals surface area contributed by atoms with Crippen LogP contribution in [0.3, 0.4) is 0 Å². The first-order chi connectivity index (χ1) is 12.7. The molecule has 26 heavy (non-hydrogen) atoms. The summed E-state index contributed by atoms with van der Waals surface area (Å²) in [6, 6.07) is 19.7. The molecule has 1 N–H and O–H groups in total. The summed E-state index contributed by atoms with van der Waals surface area (Å²) < 4.78 is 5.85. The molecule has 0 aliphatic rings. The van der Waals surface area contributed by atoms with E-state index in [0.29, 0.717) is 11.7 Å². The average Bonchev–Trinajstić information content (AvgIpc) is 3.05. The van der Waals surface area contributed by atoms with Crippen molar-refractivity contribution in [2.45, 2.75) is 13.8 Å². The van der Waals surface area contributed by atoms with Crippen molar-refractivity contribution in [3.8, 4) is 22.7 Å². The molecule has 5 heteroatoms. The van der Waals surface area contributed by atoms with E-state index in [9.17, 15) is 0 Å². The van der Waals surface area contributed by atoms with E-state index in [4.69, 9.17) is 4.42 Å². The smallest absolute Gasteiger partial charge is 0.192 e.